The average Bonchev–Trinajstić information content (AvgIpc) is 2.41. The van der Waals surface area contributed by atoms with Crippen LogP contribution in [0.25, 0.3) is 0 Å². The lowest BCUT2D eigenvalue weighted by Crippen LogP contribution is -2.56. The van der Waals surface area contributed by atoms with Gasteiger partial charge < -0.3 is 0 Å². The van der Waals surface area contributed by atoms with Gasteiger partial charge in [-0.15, -0.1) is 0 Å². The smallest absolute Gasteiger partial charge is 0.240 e. The summed E-state index contributed by atoms with van der Waals surface area (Å²) in [4.78, 5) is 36.0. The van der Waals surface area contributed by atoms with Crippen molar-refractivity contribution in [3.8, 4) is 0 Å². The number of Topliss-reactive ketones (excluding diaryl/α,β-unsaturated/α-hetero) is 1. The molecule has 1 N–H and O–H groups in total. The van der Waals surface area contributed by atoms with Crippen LogP contribution < -0.4 is 5.32 Å². The number of rotatable bonds is 1. The molecule has 0 aromatic rings. The van der Waals surface area contributed by atoms with E-state index in [1.807, 2.05) is 0 Å². The first-order chi connectivity index (χ1) is 7.66. The Morgan fingerprint density at radius 1 is 1.00 bits per heavy atom. The van der Waals surface area contributed by atoms with Gasteiger partial charge in [0.2, 0.25) is 11.8 Å². The maximum Gasteiger partial charge on any atom is 0.240 e. The fourth-order valence-electron chi connectivity index (χ4n) is 2.41. The van der Waals surface area contributed by atoms with E-state index in [0.29, 0.717) is 6.42 Å². The van der Waals surface area contributed by atoms with E-state index in [4.69, 9.17) is 0 Å². The van der Waals surface area contributed by atoms with E-state index in [2.05, 4.69) is 5.32 Å². The standard InChI is InChI=1S/C11H16N2O3/c14-9-5-3-1-2-4-8(9)13-6-10(15)12-11(16)7-13/h8H,1-7H2,(H,12,15,16). The van der Waals surface area contributed by atoms with Crippen LogP contribution in [0.1, 0.15) is 32.1 Å². The minimum atomic E-state index is -0.298. The number of imide groups is 1. The number of nitrogens with zero attached hydrogens (tertiary/aromatic N) is 1. The number of piperazine rings is 1. The molecule has 1 saturated heterocycles. The molecule has 1 atom stereocenters. The molecule has 5 nitrogen and oxygen atoms in total. The van der Waals surface area contributed by atoms with Gasteiger partial charge in [0.15, 0.2) is 0 Å². The Labute approximate surface area is 94.2 Å². The van der Waals surface area contributed by atoms with Crippen molar-refractivity contribution >= 4 is 17.6 Å². The Morgan fingerprint density at radius 3 is 2.38 bits per heavy atom. The summed E-state index contributed by atoms with van der Waals surface area (Å²) in [5.41, 5.74) is 0. The molecule has 2 rings (SSSR count). The third-order valence-electron chi connectivity index (χ3n) is 3.19. The SMILES string of the molecule is O=C1CN(C2CCCCCC2=O)CC(=O)N1. The summed E-state index contributed by atoms with van der Waals surface area (Å²) in [6.45, 7) is 0.338. The third kappa shape index (κ3) is 2.47. The van der Waals surface area contributed by atoms with Crippen LogP contribution in [0.5, 0.6) is 0 Å². The van der Waals surface area contributed by atoms with Crippen LogP contribution in [-0.4, -0.2) is 41.6 Å². The molecule has 1 aliphatic heterocycles. The lowest BCUT2D eigenvalue weighted by atomic mass is 10.0. The predicted octanol–water partition coefficient (Wildman–Crippen LogP) is -0.153. The number of carbonyl (C=O) groups is 3. The molecule has 5 heteroatoms. The molecule has 1 aliphatic carbocycles. The van der Waals surface area contributed by atoms with Crippen molar-refractivity contribution in [3.63, 3.8) is 0 Å². The predicted molar refractivity (Wildman–Crippen MR) is 56.6 cm³/mol. The zero-order chi connectivity index (χ0) is 11.5. The number of hydrogen-bond donors (Lipinski definition) is 1. The van der Waals surface area contributed by atoms with Crippen molar-refractivity contribution in [2.75, 3.05) is 13.1 Å². The molecule has 0 aromatic heterocycles. The second-order valence-corrected chi connectivity index (χ2v) is 4.46. The normalized spacial score (nSPS) is 28.8. The van der Waals surface area contributed by atoms with Crippen LogP contribution in [0, 0.1) is 0 Å². The van der Waals surface area contributed by atoms with E-state index in [0.717, 1.165) is 25.7 Å². The van der Waals surface area contributed by atoms with E-state index >= 15 is 0 Å². The van der Waals surface area contributed by atoms with E-state index in [1.165, 1.54) is 0 Å². The maximum atomic E-state index is 11.8. The summed E-state index contributed by atoms with van der Waals surface area (Å²) >= 11 is 0. The Hall–Kier alpha value is -1.23. The Balaban J connectivity index is 2.06. The van der Waals surface area contributed by atoms with Gasteiger partial charge in [-0.25, -0.2) is 0 Å². The summed E-state index contributed by atoms with van der Waals surface area (Å²) in [7, 11) is 0. The van der Waals surface area contributed by atoms with Crippen molar-refractivity contribution in [2.45, 2.75) is 38.1 Å². The van der Waals surface area contributed by atoms with Gasteiger partial charge >= 0.3 is 0 Å². The van der Waals surface area contributed by atoms with E-state index < -0.39 is 0 Å². The second-order valence-electron chi connectivity index (χ2n) is 4.46. The first kappa shape index (κ1) is 11.3. The van der Waals surface area contributed by atoms with Crippen molar-refractivity contribution in [1.82, 2.24) is 10.2 Å². The molecule has 1 unspecified atom stereocenters. The number of amides is 2. The first-order valence-electron chi connectivity index (χ1n) is 5.76. The zero-order valence-corrected chi connectivity index (χ0v) is 9.20. The summed E-state index contributed by atoms with van der Waals surface area (Å²) in [6, 6.07) is -0.225. The molecule has 2 amide bonds. The van der Waals surface area contributed by atoms with Gasteiger partial charge in [-0.3, -0.25) is 24.6 Å². The average molecular weight is 224 g/mol. The number of carbonyl (C=O) groups excluding carboxylic acids is 3. The van der Waals surface area contributed by atoms with Crippen LogP contribution >= 0.6 is 0 Å². The van der Waals surface area contributed by atoms with Crippen LogP contribution in [0.2, 0.25) is 0 Å². The summed E-state index contributed by atoms with van der Waals surface area (Å²) < 4.78 is 0. The Morgan fingerprint density at radius 2 is 1.69 bits per heavy atom. The fourth-order valence-corrected chi connectivity index (χ4v) is 2.41. The van der Waals surface area contributed by atoms with Gasteiger partial charge in [-0.05, 0) is 12.8 Å². The molecular formula is C11H16N2O3. The summed E-state index contributed by atoms with van der Waals surface area (Å²) in [5, 5.41) is 2.25. The van der Waals surface area contributed by atoms with Gasteiger partial charge in [-0.1, -0.05) is 12.8 Å². The molecule has 1 heterocycles. The largest absolute Gasteiger partial charge is 0.298 e. The van der Waals surface area contributed by atoms with Crippen molar-refractivity contribution < 1.29 is 14.4 Å². The highest BCUT2D eigenvalue weighted by Crippen LogP contribution is 2.19. The van der Waals surface area contributed by atoms with Crippen LogP contribution in [0.3, 0.4) is 0 Å². The fraction of sp³-hybridized carbons (Fsp3) is 0.727. The molecule has 2 aliphatic rings. The van der Waals surface area contributed by atoms with Gasteiger partial charge in [0.05, 0.1) is 19.1 Å². The van der Waals surface area contributed by atoms with Crippen molar-refractivity contribution in [1.29, 1.82) is 0 Å². The van der Waals surface area contributed by atoms with Gasteiger partial charge in [0.25, 0.3) is 0 Å². The molecule has 16 heavy (non-hydrogen) atoms. The minimum Gasteiger partial charge on any atom is -0.298 e. The summed E-state index contributed by atoms with van der Waals surface area (Å²) in [5.74, 6) is -0.415. The van der Waals surface area contributed by atoms with E-state index in [9.17, 15) is 14.4 Å². The molecule has 0 radical (unpaired) electrons. The van der Waals surface area contributed by atoms with Gasteiger partial charge in [0.1, 0.15) is 5.78 Å². The quantitative estimate of drug-likeness (QED) is 0.497. The lowest BCUT2D eigenvalue weighted by molar-refractivity contribution is -0.138. The van der Waals surface area contributed by atoms with E-state index in [-0.39, 0.29) is 36.7 Å². The molecule has 0 aromatic carbocycles. The monoisotopic (exact) mass is 224 g/mol. The molecular weight excluding hydrogens is 208 g/mol. The topological polar surface area (TPSA) is 66.5 Å². The minimum absolute atomic E-state index is 0.169. The number of nitrogens with one attached hydrogen (secondary N) is 1. The highest BCUT2D eigenvalue weighted by molar-refractivity contribution is 6.00. The van der Waals surface area contributed by atoms with Crippen molar-refractivity contribution in [2.24, 2.45) is 0 Å². The second kappa shape index (κ2) is 4.74. The van der Waals surface area contributed by atoms with Crippen molar-refractivity contribution in [3.05, 3.63) is 0 Å². The number of hydrogen-bond acceptors (Lipinski definition) is 4. The van der Waals surface area contributed by atoms with Gasteiger partial charge in [0, 0.05) is 6.42 Å². The number of ketones is 1. The first-order valence-corrected chi connectivity index (χ1v) is 5.76. The molecule has 1 saturated carbocycles. The van der Waals surface area contributed by atoms with Gasteiger partial charge in [-0.2, -0.15) is 0 Å². The summed E-state index contributed by atoms with van der Waals surface area (Å²) in [6.07, 6.45) is 4.36. The molecule has 0 bridgehead atoms. The molecule has 0 spiro atoms. The highest BCUT2D eigenvalue weighted by Gasteiger charge is 2.32. The molecule has 2 fully saturated rings. The van der Waals surface area contributed by atoms with Crippen LogP contribution in [0.4, 0.5) is 0 Å². The zero-order valence-electron chi connectivity index (χ0n) is 9.20. The van der Waals surface area contributed by atoms with E-state index in [1.54, 1.807) is 4.90 Å². The lowest BCUT2D eigenvalue weighted by Gasteiger charge is -2.31. The highest BCUT2D eigenvalue weighted by atomic mass is 16.2. The molecule has 88 valence electrons. The maximum absolute atomic E-state index is 11.8. The van der Waals surface area contributed by atoms with Crippen LogP contribution in [-0.2, 0) is 14.4 Å². The Kier molecular flexibility index (Phi) is 3.33. The third-order valence-corrected chi connectivity index (χ3v) is 3.19. The Bertz CT molecular complexity index is 311. The van der Waals surface area contributed by atoms with Crippen LogP contribution in [0.15, 0.2) is 0 Å².